The molecule has 0 atom stereocenters. The fourth-order valence-electron chi connectivity index (χ4n) is 0.0874. The molecule has 0 amide bonds. The number of carbonyl (C=O) groups excluding carboxylic acids is 2. The first kappa shape index (κ1) is 5.94. The summed E-state index contributed by atoms with van der Waals surface area (Å²) in [6.45, 7) is 0.00579. The molecule has 0 aromatic rings. The molecule has 4 nitrogen and oxygen atoms in total. The van der Waals surface area contributed by atoms with Gasteiger partial charge < -0.3 is 9.47 Å². The predicted octanol–water partition coefficient (Wildman–Crippen LogP) is -0.0742. The van der Waals surface area contributed by atoms with Crippen LogP contribution in [0.5, 0.6) is 0 Å². The van der Waals surface area contributed by atoms with Gasteiger partial charge in [-0.05, 0) is 0 Å². The molecule has 0 saturated carbocycles. The Kier molecular flexibility index (Phi) is 2.67. The summed E-state index contributed by atoms with van der Waals surface area (Å²) >= 11 is 0. The van der Waals surface area contributed by atoms with E-state index >= 15 is 0 Å². The maximum atomic E-state index is 9.74. The highest BCUT2D eigenvalue weighted by Gasteiger charge is 1.93. The lowest BCUT2D eigenvalue weighted by Gasteiger charge is -1.88. The SMILES string of the molecule is COC(=O)OC=O. The molecule has 0 radical (unpaired) electrons. The van der Waals surface area contributed by atoms with Crippen molar-refractivity contribution in [1.29, 1.82) is 0 Å². The normalized spacial score (nSPS) is 7.00. The lowest BCUT2D eigenvalue weighted by molar-refractivity contribution is -0.125. The molecule has 0 rings (SSSR count). The van der Waals surface area contributed by atoms with Crippen LogP contribution in [0.25, 0.3) is 0 Å². The molecule has 0 fully saturated rings. The summed E-state index contributed by atoms with van der Waals surface area (Å²) in [5.41, 5.74) is 0. The Bertz CT molecular complexity index is 77.0. The van der Waals surface area contributed by atoms with Crippen molar-refractivity contribution in [2.45, 2.75) is 0 Å². The average Bonchev–Trinajstić information content (AvgIpc) is 1.68. The average molecular weight is 104 g/mol. The van der Waals surface area contributed by atoms with Gasteiger partial charge in [0.25, 0.3) is 0 Å². The summed E-state index contributed by atoms with van der Waals surface area (Å²) in [4.78, 5) is 19.0. The quantitative estimate of drug-likeness (QED) is 0.265. The highest BCUT2D eigenvalue weighted by atomic mass is 16.7. The van der Waals surface area contributed by atoms with Gasteiger partial charge in [0.2, 0.25) is 0 Å². The molecule has 0 N–H and O–H groups in total. The van der Waals surface area contributed by atoms with Crippen molar-refractivity contribution in [3.63, 3.8) is 0 Å². The fraction of sp³-hybridized carbons (Fsp3) is 0.333. The van der Waals surface area contributed by atoms with Gasteiger partial charge in [0.05, 0.1) is 7.11 Å². The first-order valence-corrected chi connectivity index (χ1v) is 1.49. The number of ether oxygens (including phenoxy) is 2. The molecule has 0 bridgehead atoms. The molecule has 7 heavy (non-hydrogen) atoms. The molecular weight excluding hydrogens is 100 g/mol. The third kappa shape index (κ3) is 2.75. The van der Waals surface area contributed by atoms with Crippen LogP contribution < -0.4 is 0 Å². The summed E-state index contributed by atoms with van der Waals surface area (Å²) in [5.74, 6) is 0. The van der Waals surface area contributed by atoms with E-state index in [4.69, 9.17) is 0 Å². The van der Waals surface area contributed by atoms with E-state index in [0.717, 1.165) is 7.11 Å². The molecule has 0 aliphatic heterocycles. The molecule has 0 saturated heterocycles. The number of hydrogen-bond acceptors (Lipinski definition) is 4. The zero-order valence-electron chi connectivity index (χ0n) is 3.71. The van der Waals surface area contributed by atoms with E-state index in [0.29, 0.717) is 0 Å². The number of rotatable bonds is 1. The zero-order valence-corrected chi connectivity index (χ0v) is 3.71. The van der Waals surface area contributed by atoms with Crippen LogP contribution >= 0.6 is 0 Å². The highest BCUT2D eigenvalue weighted by molar-refractivity contribution is 5.68. The molecular formula is C3H4O4. The molecule has 0 unspecified atom stereocenters. The van der Waals surface area contributed by atoms with Gasteiger partial charge in [0, 0.05) is 0 Å². The second-order valence-electron chi connectivity index (χ2n) is 0.668. The van der Waals surface area contributed by atoms with Crippen LogP contribution in [-0.4, -0.2) is 19.7 Å². The zero-order chi connectivity index (χ0) is 5.70. The minimum absolute atomic E-state index is 0.00579. The van der Waals surface area contributed by atoms with E-state index in [1.807, 2.05) is 0 Å². The second-order valence-corrected chi connectivity index (χ2v) is 0.668. The largest absolute Gasteiger partial charge is 0.515 e. The Morgan fingerprint density at radius 3 is 2.43 bits per heavy atom. The number of methoxy groups -OCH3 is 1. The summed E-state index contributed by atoms with van der Waals surface area (Å²) in [7, 11) is 1.12. The molecule has 0 spiro atoms. The van der Waals surface area contributed by atoms with Gasteiger partial charge in [-0.1, -0.05) is 0 Å². The Morgan fingerprint density at radius 1 is 1.71 bits per heavy atom. The van der Waals surface area contributed by atoms with Crippen molar-refractivity contribution in [3.05, 3.63) is 0 Å². The van der Waals surface area contributed by atoms with Crippen LogP contribution in [0.1, 0.15) is 0 Å². The predicted molar refractivity (Wildman–Crippen MR) is 19.6 cm³/mol. The third-order valence-electron chi connectivity index (χ3n) is 0.311. The Morgan fingerprint density at radius 2 is 2.29 bits per heavy atom. The smallest absolute Gasteiger partial charge is 0.437 e. The van der Waals surface area contributed by atoms with Gasteiger partial charge >= 0.3 is 12.6 Å². The van der Waals surface area contributed by atoms with Crippen molar-refractivity contribution < 1.29 is 19.1 Å². The van der Waals surface area contributed by atoms with Gasteiger partial charge in [0.15, 0.2) is 0 Å². The maximum absolute atomic E-state index is 9.74. The molecule has 0 aromatic carbocycles. The summed E-state index contributed by atoms with van der Waals surface area (Å²) in [6.07, 6.45) is -0.991. The van der Waals surface area contributed by atoms with E-state index < -0.39 is 6.16 Å². The third-order valence-corrected chi connectivity index (χ3v) is 0.311. The van der Waals surface area contributed by atoms with Crippen LogP contribution in [0.15, 0.2) is 0 Å². The van der Waals surface area contributed by atoms with Crippen molar-refractivity contribution in [2.75, 3.05) is 7.11 Å². The molecule has 40 valence electrons. The van der Waals surface area contributed by atoms with Gasteiger partial charge in [-0.2, -0.15) is 0 Å². The minimum atomic E-state index is -0.991. The second kappa shape index (κ2) is 3.14. The Hall–Kier alpha value is -1.06. The molecule has 0 heterocycles. The first-order valence-electron chi connectivity index (χ1n) is 1.49. The first-order chi connectivity index (χ1) is 3.31. The lowest BCUT2D eigenvalue weighted by atomic mass is 11.3. The van der Waals surface area contributed by atoms with E-state index in [2.05, 4.69) is 9.47 Å². The van der Waals surface area contributed by atoms with E-state index in [1.54, 1.807) is 0 Å². The van der Waals surface area contributed by atoms with Crippen LogP contribution in [0.4, 0.5) is 4.79 Å². The summed E-state index contributed by atoms with van der Waals surface area (Å²) < 4.78 is 7.55. The standard InChI is InChI=1S/C3H4O4/c1-6-3(5)7-2-4/h2H,1H3. The van der Waals surface area contributed by atoms with Gasteiger partial charge in [-0.25, -0.2) is 4.79 Å². The van der Waals surface area contributed by atoms with Crippen LogP contribution in [0.3, 0.4) is 0 Å². The lowest BCUT2D eigenvalue weighted by Crippen LogP contribution is -2.00. The van der Waals surface area contributed by atoms with Crippen LogP contribution in [0, 0.1) is 0 Å². The van der Waals surface area contributed by atoms with Crippen LogP contribution in [0.2, 0.25) is 0 Å². The van der Waals surface area contributed by atoms with Crippen LogP contribution in [-0.2, 0) is 14.3 Å². The van der Waals surface area contributed by atoms with Crippen molar-refractivity contribution in [3.8, 4) is 0 Å². The number of hydrogen-bond donors (Lipinski definition) is 0. The van der Waals surface area contributed by atoms with Crippen molar-refractivity contribution in [2.24, 2.45) is 0 Å². The molecule has 0 aliphatic carbocycles. The van der Waals surface area contributed by atoms with Crippen molar-refractivity contribution in [1.82, 2.24) is 0 Å². The Balaban J connectivity index is 3.17. The maximum Gasteiger partial charge on any atom is 0.515 e. The van der Waals surface area contributed by atoms with E-state index in [1.165, 1.54) is 0 Å². The summed E-state index contributed by atoms with van der Waals surface area (Å²) in [5, 5.41) is 0. The highest BCUT2D eigenvalue weighted by Crippen LogP contribution is 1.73. The van der Waals surface area contributed by atoms with Crippen molar-refractivity contribution >= 4 is 12.6 Å². The van der Waals surface area contributed by atoms with Gasteiger partial charge in [-0.3, -0.25) is 4.79 Å². The van der Waals surface area contributed by atoms with Gasteiger partial charge in [-0.15, -0.1) is 0 Å². The summed E-state index contributed by atoms with van der Waals surface area (Å²) in [6, 6.07) is 0. The van der Waals surface area contributed by atoms with Gasteiger partial charge in [0.1, 0.15) is 0 Å². The van der Waals surface area contributed by atoms with E-state index in [9.17, 15) is 9.59 Å². The Labute approximate surface area is 40.0 Å². The minimum Gasteiger partial charge on any atom is -0.437 e. The molecule has 0 aliphatic rings. The van der Waals surface area contributed by atoms with E-state index in [-0.39, 0.29) is 6.47 Å². The number of carbonyl (C=O) groups is 2. The molecule has 0 aromatic heterocycles. The monoisotopic (exact) mass is 104 g/mol. The topological polar surface area (TPSA) is 52.6 Å². The fourth-order valence-corrected chi connectivity index (χ4v) is 0.0874. The molecule has 4 heteroatoms.